The van der Waals surface area contributed by atoms with Crippen molar-refractivity contribution in [2.24, 2.45) is 5.73 Å². The molecule has 0 saturated heterocycles. The predicted molar refractivity (Wildman–Crippen MR) is 74.3 cm³/mol. The van der Waals surface area contributed by atoms with Gasteiger partial charge in [0, 0.05) is 38.1 Å². The Morgan fingerprint density at radius 1 is 1.47 bits per heavy atom. The molecule has 0 saturated carbocycles. The van der Waals surface area contributed by atoms with E-state index in [1.165, 1.54) is 0 Å². The van der Waals surface area contributed by atoms with E-state index in [1.54, 1.807) is 19.4 Å². The lowest BCUT2D eigenvalue weighted by atomic mass is 10.3. The number of ether oxygens (including phenoxy) is 1. The molecule has 6 nitrogen and oxygen atoms in total. The summed E-state index contributed by atoms with van der Waals surface area (Å²) < 4.78 is 34.0. The Morgan fingerprint density at radius 2 is 2.16 bits per heavy atom. The van der Waals surface area contributed by atoms with Crippen LogP contribution in [0.25, 0.3) is 0 Å². The SMILES string of the molecule is CCC(COC)NS(=O)(=O)c1cc(CN)n(CC)c1. The molecule has 1 aromatic heterocycles. The molecule has 0 spiro atoms. The van der Waals surface area contributed by atoms with Gasteiger partial charge in [-0.3, -0.25) is 0 Å². The van der Waals surface area contributed by atoms with Crippen LogP contribution in [0.3, 0.4) is 0 Å². The minimum atomic E-state index is -3.52. The Hall–Kier alpha value is -0.890. The van der Waals surface area contributed by atoms with Crippen LogP contribution in [0.5, 0.6) is 0 Å². The van der Waals surface area contributed by atoms with Gasteiger partial charge in [0.25, 0.3) is 0 Å². The second-order valence-electron chi connectivity index (χ2n) is 4.34. The molecule has 1 atom stereocenters. The highest BCUT2D eigenvalue weighted by Crippen LogP contribution is 2.15. The number of nitrogens with zero attached hydrogens (tertiary/aromatic N) is 1. The number of methoxy groups -OCH3 is 1. The summed E-state index contributed by atoms with van der Waals surface area (Å²) in [7, 11) is -1.97. The fraction of sp³-hybridized carbons (Fsp3) is 0.667. The predicted octanol–water partition coefficient (Wildman–Crippen LogP) is 0.670. The van der Waals surface area contributed by atoms with Crippen LogP contribution in [-0.4, -0.2) is 32.7 Å². The molecule has 0 bridgehead atoms. The number of nitrogens with one attached hydrogen (secondary N) is 1. The fourth-order valence-corrected chi connectivity index (χ4v) is 3.23. The van der Waals surface area contributed by atoms with Crippen molar-refractivity contribution >= 4 is 10.0 Å². The van der Waals surface area contributed by atoms with Gasteiger partial charge in [-0.2, -0.15) is 0 Å². The second-order valence-corrected chi connectivity index (χ2v) is 6.05. The summed E-state index contributed by atoms with van der Waals surface area (Å²) in [5.74, 6) is 0. The Bertz CT molecular complexity index is 475. The lowest BCUT2D eigenvalue weighted by molar-refractivity contribution is 0.173. The summed E-state index contributed by atoms with van der Waals surface area (Å²) in [4.78, 5) is 0.254. The highest BCUT2D eigenvalue weighted by Gasteiger charge is 2.21. The molecular formula is C12H23N3O3S. The summed E-state index contributed by atoms with van der Waals surface area (Å²) in [5.41, 5.74) is 6.41. The first kappa shape index (κ1) is 16.2. The molecule has 0 aliphatic rings. The van der Waals surface area contributed by atoms with Crippen molar-refractivity contribution < 1.29 is 13.2 Å². The first-order chi connectivity index (χ1) is 8.98. The molecule has 1 aromatic rings. The van der Waals surface area contributed by atoms with Gasteiger partial charge in [0.2, 0.25) is 10.0 Å². The number of aryl methyl sites for hydroxylation is 1. The number of nitrogens with two attached hydrogens (primary N) is 1. The number of hydrogen-bond acceptors (Lipinski definition) is 4. The van der Waals surface area contributed by atoms with E-state index in [1.807, 2.05) is 18.4 Å². The Balaban J connectivity index is 2.96. The van der Waals surface area contributed by atoms with Crippen molar-refractivity contribution in [3.05, 3.63) is 18.0 Å². The van der Waals surface area contributed by atoms with Gasteiger partial charge < -0.3 is 15.0 Å². The normalized spacial score (nSPS) is 13.7. The van der Waals surface area contributed by atoms with Crippen molar-refractivity contribution in [2.45, 2.75) is 44.3 Å². The number of sulfonamides is 1. The number of rotatable bonds is 8. The van der Waals surface area contributed by atoms with E-state index in [0.717, 1.165) is 5.69 Å². The minimum Gasteiger partial charge on any atom is -0.383 e. The van der Waals surface area contributed by atoms with Gasteiger partial charge in [0.1, 0.15) is 0 Å². The van der Waals surface area contributed by atoms with Crippen LogP contribution >= 0.6 is 0 Å². The molecule has 1 unspecified atom stereocenters. The molecule has 7 heteroatoms. The highest BCUT2D eigenvalue weighted by molar-refractivity contribution is 7.89. The monoisotopic (exact) mass is 289 g/mol. The maximum atomic E-state index is 12.3. The third kappa shape index (κ3) is 4.04. The van der Waals surface area contributed by atoms with Gasteiger partial charge in [-0.15, -0.1) is 0 Å². The third-order valence-corrected chi connectivity index (χ3v) is 4.49. The maximum Gasteiger partial charge on any atom is 0.242 e. The number of aromatic nitrogens is 1. The van der Waals surface area contributed by atoms with E-state index in [9.17, 15) is 8.42 Å². The van der Waals surface area contributed by atoms with E-state index in [0.29, 0.717) is 26.1 Å². The van der Waals surface area contributed by atoms with Gasteiger partial charge >= 0.3 is 0 Å². The molecule has 19 heavy (non-hydrogen) atoms. The van der Waals surface area contributed by atoms with E-state index in [-0.39, 0.29) is 10.9 Å². The largest absolute Gasteiger partial charge is 0.383 e. The zero-order valence-corrected chi connectivity index (χ0v) is 12.5. The topological polar surface area (TPSA) is 86.3 Å². The van der Waals surface area contributed by atoms with Crippen molar-refractivity contribution in [2.75, 3.05) is 13.7 Å². The van der Waals surface area contributed by atoms with Crippen LogP contribution < -0.4 is 10.5 Å². The minimum absolute atomic E-state index is 0.221. The van der Waals surface area contributed by atoms with Crippen molar-refractivity contribution in [1.29, 1.82) is 0 Å². The average Bonchev–Trinajstić information content (AvgIpc) is 2.82. The molecule has 0 aromatic carbocycles. The van der Waals surface area contributed by atoms with Crippen molar-refractivity contribution in [1.82, 2.24) is 9.29 Å². The molecule has 0 fully saturated rings. The Morgan fingerprint density at radius 3 is 2.58 bits per heavy atom. The summed E-state index contributed by atoms with van der Waals surface area (Å²) in [6, 6.07) is 1.40. The first-order valence-corrected chi connectivity index (χ1v) is 7.87. The summed E-state index contributed by atoms with van der Waals surface area (Å²) in [6.07, 6.45) is 2.29. The standard InChI is InChI=1S/C12H23N3O3S/c1-4-10(9-18-3)14-19(16,17)12-6-11(7-13)15(5-2)8-12/h6,8,10,14H,4-5,7,9,13H2,1-3H3. The van der Waals surface area contributed by atoms with Gasteiger partial charge in [-0.25, -0.2) is 13.1 Å². The van der Waals surface area contributed by atoms with E-state index >= 15 is 0 Å². The maximum absolute atomic E-state index is 12.3. The van der Waals surface area contributed by atoms with Crippen LogP contribution in [0.15, 0.2) is 17.2 Å². The van der Waals surface area contributed by atoms with Crippen LogP contribution in [-0.2, 0) is 27.8 Å². The van der Waals surface area contributed by atoms with E-state index in [2.05, 4.69) is 4.72 Å². The van der Waals surface area contributed by atoms with Crippen molar-refractivity contribution in [3.63, 3.8) is 0 Å². The quantitative estimate of drug-likeness (QED) is 0.736. The smallest absolute Gasteiger partial charge is 0.242 e. The lowest BCUT2D eigenvalue weighted by Gasteiger charge is -2.15. The van der Waals surface area contributed by atoms with Gasteiger partial charge in [0.05, 0.1) is 11.5 Å². The molecular weight excluding hydrogens is 266 g/mol. The second kappa shape index (κ2) is 7.04. The Labute approximate surface area is 115 Å². The molecule has 0 radical (unpaired) electrons. The lowest BCUT2D eigenvalue weighted by Crippen LogP contribution is -2.37. The molecule has 0 aliphatic heterocycles. The fourth-order valence-electron chi connectivity index (χ4n) is 1.86. The first-order valence-electron chi connectivity index (χ1n) is 6.38. The molecule has 1 rings (SSSR count). The van der Waals surface area contributed by atoms with Gasteiger partial charge in [-0.1, -0.05) is 6.92 Å². The number of hydrogen-bond donors (Lipinski definition) is 2. The van der Waals surface area contributed by atoms with Gasteiger partial charge in [-0.05, 0) is 19.4 Å². The van der Waals surface area contributed by atoms with Gasteiger partial charge in [0.15, 0.2) is 0 Å². The average molecular weight is 289 g/mol. The van der Waals surface area contributed by atoms with Crippen LogP contribution in [0.1, 0.15) is 26.0 Å². The Kier molecular flexibility index (Phi) is 5.99. The van der Waals surface area contributed by atoms with Crippen molar-refractivity contribution in [3.8, 4) is 0 Å². The van der Waals surface area contributed by atoms with E-state index in [4.69, 9.17) is 10.5 Å². The molecule has 0 aliphatic carbocycles. The van der Waals surface area contributed by atoms with Crippen LogP contribution in [0.4, 0.5) is 0 Å². The highest BCUT2D eigenvalue weighted by atomic mass is 32.2. The molecule has 110 valence electrons. The van der Waals surface area contributed by atoms with E-state index < -0.39 is 10.0 Å². The molecule has 3 N–H and O–H groups in total. The molecule has 0 amide bonds. The summed E-state index contributed by atoms with van der Waals surface area (Å²) >= 11 is 0. The molecule has 1 heterocycles. The summed E-state index contributed by atoms with van der Waals surface area (Å²) in [5, 5.41) is 0. The zero-order chi connectivity index (χ0) is 14.5. The zero-order valence-electron chi connectivity index (χ0n) is 11.7. The summed E-state index contributed by atoms with van der Waals surface area (Å²) in [6.45, 7) is 5.22. The van der Waals surface area contributed by atoms with Crippen LogP contribution in [0.2, 0.25) is 0 Å². The third-order valence-electron chi connectivity index (χ3n) is 3.00. The van der Waals surface area contributed by atoms with Crippen LogP contribution in [0, 0.1) is 0 Å².